The Balaban J connectivity index is 0.00000420. The minimum Gasteiger partial charge on any atom is -0.378 e. The fourth-order valence-corrected chi connectivity index (χ4v) is 2.91. The Morgan fingerprint density at radius 1 is 1.24 bits per heavy atom. The van der Waals surface area contributed by atoms with Gasteiger partial charge in [0.25, 0.3) is 0 Å². The molecule has 0 aromatic heterocycles. The number of ether oxygens (including phenoxy) is 2. The van der Waals surface area contributed by atoms with Crippen molar-refractivity contribution in [2.24, 2.45) is 4.99 Å². The first kappa shape index (κ1) is 25.6. The van der Waals surface area contributed by atoms with E-state index in [4.69, 9.17) is 9.47 Å². The number of guanidine groups is 1. The van der Waals surface area contributed by atoms with Crippen LogP contribution in [0.15, 0.2) is 35.3 Å². The third kappa shape index (κ3) is 8.47. The average Bonchev–Trinajstić information content (AvgIpc) is 2.73. The van der Waals surface area contributed by atoms with Gasteiger partial charge < -0.3 is 25.0 Å². The molecule has 1 aromatic carbocycles. The molecular formula is C21H35IN4O3. The summed E-state index contributed by atoms with van der Waals surface area (Å²) in [7, 11) is 1.68. The highest BCUT2D eigenvalue weighted by molar-refractivity contribution is 14.0. The molecule has 1 fully saturated rings. The number of aliphatic imine (C=N–C) groups is 1. The lowest BCUT2D eigenvalue weighted by Gasteiger charge is -2.31. The van der Waals surface area contributed by atoms with E-state index in [9.17, 15) is 4.79 Å². The Morgan fingerprint density at radius 2 is 1.90 bits per heavy atom. The van der Waals surface area contributed by atoms with Crippen molar-refractivity contribution >= 4 is 35.8 Å². The number of methoxy groups -OCH3 is 1. The topological polar surface area (TPSA) is 75.2 Å². The van der Waals surface area contributed by atoms with Crippen molar-refractivity contribution in [3.05, 3.63) is 35.9 Å². The fraction of sp³-hybridized carbons (Fsp3) is 0.619. The monoisotopic (exact) mass is 518 g/mol. The van der Waals surface area contributed by atoms with Crippen LogP contribution in [-0.4, -0.2) is 75.4 Å². The van der Waals surface area contributed by atoms with E-state index >= 15 is 0 Å². The minimum absolute atomic E-state index is 0. The summed E-state index contributed by atoms with van der Waals surface area (Å²) in [5.74, 6) is 0.525. The summed E-state index contributed by atoms with van der Waals surface area (Å²) < 4.78 is 10.8. The maximum Gasteiger partial charge on any atom is 0.232 e. The molecule has 164 valence electrons. The number of amides is 1. The van der Waals surface area contributed by atoms with Crippen LogP contribution in [0.2, 0.25) is 0 Å². The number of rotatable bonds is 8. The van der Waals surface area contributed by atoms with Crippen LogP contribution in [0.25, 0.3) is 0 Å². The molecule has 1 aliphatic heterocycles. The van der Waals surface area contributed by atoms with Crippen molar-refractivity contribution < 1.29 is 14.3 Å². The van der Waals surface area contributed by atoms with Crippen LogP contribution in [0, 0.1) is 0 Å². The van der Waals surface area contributed by atoms with E-state index in [1.807, 2.05) is 56.0 Å². The number of carbonyl (C=O) groups is 1. The largest absolute Gasteiger partial charge is 0.378 e. The molecule has 8 heteroatoms. The van der Waals surface area contributed by atoms with Crippen molar-refractivity contribution in [3.63, 3.8) is 0 Å². The molecule has 0 radical (unpaired) electrons. The molecule has 0 saturated carbocycles. The molecule has 1 atom stereocenters. The number of carbonyl (C=O) groups excluding carboxylic acids is 1. The molecule has 1 unspecified atom stereocenters. The van der Waals surface area contributed by atoms with E-state index in [2.05, 4.69) is 15.6 Å². The molecular weight excluding hydrogens is 483 g/mol. The van der Waals surface area contributed by atoms with Crippen LogP contribution in [0.5, 0.6) is 0 Å². The van der Waals surface area contributed by atoms with Crippen molar-refractivity contribution in [1.82, 2.24) is 15.5 Å². The summed E-state index contributed by atoms with van der Waals surface area (Å²) in [5.41, 5.74) is 0.657. The zero-order valence-electron chi connectivity index (χ0n) is 17.9. The Hall–Kier alpha value is -1.39. The zero-order chi connectivity index (χ0) is 20.4. The second-order valence-corrected chi connectivity index (χ2v) is 7.44. The van der Waals surface area contributed by atoms with Gasteiger partial charge in [0.1, 0.15) is 0 Å². The van der Waals surface area contributed by atoms with Crippen molar-refractivity contribution in [2.75, 3.05) is 53.0 Å². The Labute approximate surface area is 191 Å². The number of morpholine rings is 1. The highest BCUT2D eigenvalue weighted by atomic mass is 127. The number of nitrogens with one attached hydrogen (secondary N) is 2. The van der Waals surface area contributed by atoms with Gasteiger partial charge in [-0.15, -0.1) is 24.0 Å². The first-order valence-electron chi connectivity index (χ1n) is 9.95. The third-order valence-corrected chi connectivity index (χ3v) is 4.81. The van der Waals surface area contributed by atoms with Crippen molar-refractivity contribution in [2.45, 2.75) is 32.3 Å². The molecule has 2 N–H and O–H groups in total. The molecule has 29 heavy (non-hydrogen) atoms. The van der Waals surface area contributed by atoms with Gasteiger partial charge in [-0.05, 0) is 26.3 Å². The van der Waals surface area contributed by atoms with Gasteiger partial charge in [-0.2, -0.15) is 0 Å². The Morgan fingerprint density at radius 3 is 2.48 bits per heavy atom. The van der Waals surface area contributed by atoms with Gasteiger partial charge in [-0.1, -0.05) is 30.3 Å². The first-order valence-corrected chi connectivity index (χ1v) is 9.95. The van der Waals surface area contributed by atoms with Gasteiger partial charge in [0.15, 0.2) is 5.96 Å². The molecule has 1 aliphatic rings. The van der Waals surface area contributed by atoms with E-state index in [-0.39, 0.29) is 41.4 Å². The molecule has 0 spiro atoms. The molecule has 2 rings (SSSR count). The summed E-state index contributed by atoms with van der Waals surface area (Å²) in [5, 5.41) is 6.58. The van der Waals surface area contributed by atoms with Gasteiger partial charge in [-0.25, -0.2) is 0 Å². The normalized spacial score (nSPS) is 16.0. The summed E-state index contributed by atoms with van der Waals surface area (Å²) in [6.45, 7) is 10.2. The van der Waals surface area contributed by atoms with Crippen molar-refractivity contribution in [1.29, 1.82) is 0 Å². The molecule has 1 saturated heterocycles. The molecule has 0 aliphatic carbocycles. The third-order valence-electron chi connectivity index (χ3n) is 4.81. The van der Waals surface area contributed by atoms with Gasteiger partial charge in [0, 0.05) is 33.3 Å². The van der Waals surface area contributed by atoms with Gasteiger partial charge in [0.2, 0.25) is 5.91 Å². The number of halogens is 1. The Kier molecular flexibility index (Phi) is 11.5. The standard InChI is InChI=1S/C21H34N4O3.HI/c1-5-22-20(24-16-21(2,3)27-4)23-15-18(17-9-7-6-8-10-17)19(26)25-11-13-28-14-12-25;/h6-10,18H,5,11-16H2,1-4H3,(H2,22,23,24);1H. The van der Waals surface area contributed by atoms with E-state index in [1.54, 1.807) is 7.11 Å². The van der Waals surface area contributed by atoms with Crippen LogP contribution >= 0.6 is 24.0 Å². The lowest BCUT2D eigenvalue weighted by Crippen LogP contribution is -2.47. The van der Waals surface area contributed by atoms with Gasteiger partial charge in [0.05, 0.1) is 31.3 Å². The Bertz CT molecular complexity index is 634. The van der Waals surface area contributed by atoms with Gasteiger partial charge >= 0.3 is 0 Å². The van der Waals surface area contributed by atoms with E-state index in [0.29, 0.717) is 45.4 Å². The highest BCUT2D eigenvalue weighted by Crippen LogP contribution is 2.19. The lowest BCUT2D eigenvalue weighted by atomic mass is 9.97. The smallest absolute Gasteiger partial charge is 0.232 e. The predicted molar refractivity (Wildman–Crippen MR) is 127 cm³/mol. The molecule has 0 bridgehead atoms. The molecule has 7 nitrogen and oxygen atoms in total. The highest BCUT2D eigenvalue weighted by Gasteiger charge is 2.27. The molecule has 1 aromatic rings. The van der Waals surface area contributed by atoms with Crippen LogP contribution in [-0.2, 0) is 14.3 Å². The summed E-state index contributed by atoms with van der Waals surface area (Å²) >= 11 is 0. The SMILES string of the molecule is CCNC(=NCC(C)(C)OC)NCC(C(=O)N1CCOCC1)c1ccccc1.I. The fourth-order valence-electron chi connectivity index (χ4n) is 2.91. The van der Waals surface area contributed by atoms with Crippen molar-refractivity contribution in [3.8, 4) is 0 Å². The minimum atomic E-state index is -0.342. The second kappa shape index (κ2) is 13.0. The first-order chi connectivity index (χ1) is 13.5. The second-order valence-electron chi connectivity index (χ2n) is 7.44. The van der Waals surface area contributed by atoms with E-state index < -0.39 is 0 Å². The molecule has 1 amide bonds. The summed E-state index contributed by atoms with van der Waals surface area (Å²) in [4.78, 5) is 19.7. The lowest BCUT2D eigenvalue weighted by molar-refractivity contribution is -0.136. The van der Waals surface area contributed by atoms with Crippen LogP contribution < -0.4 is 10.6 Å². The maximum atomic E-state index is 13.2. The maximum absolute atomic E-state index is 13.2. The predicted octanol–water partition coefficient (Wildman–Crippen LogP) is 2.23. The van der Waals surface area contributed by atoms with Crippen LogP contribution in [0.4, 0.5) is 0 Å². The average molecular weight is 518 g/mol. The number of hydrogen-bond acceptors (Lipinski definition) is 4. The molecule has 1 heterocycles. The van der Waals surface area contributed by atoms with Crippen LogP contribution in [0.1, 0.15) is 32.3 Å². The summed E-state index contributed by atoms with van der Waals surface area (Å²) in [6.07, 6.45) is 0. The summed E-state index contributed by atoms with van der Waals surface area (Å²) in [6, 6.07) is 9.90. The van der Waals surface area contributed by atoms with E-state index in [1.165, 1.54) is 0 Å². The van der Waals surface area contributed by atoms with E-state index in [0.717, 1.165) is 12.1 Å². The van der Waals surface area contributed by atoms with Gasteiger partial charge in [-0.3, -0.25) is 9.79 Å². The van der Waals surface area contributed by atoms with Crippen LogP contribution in [0.3, 0.4) is 0 Å². The zero-order valence-corrected chi connectivity index (χ0v) is 20.3. The number of hydrogen-bond donors (Lipinski definition) is 2. The number of nitrogens with zero attached hydrogens (tertiary/aromatic N) is 2. The quantitative estimate of drug-likeness (QED) is 0.314. The number of benzene rings is 1.